The van der Waals surface area contributed by atoms with E-state index in [1.807, 2.05) is 12.1 Å². The van der Waals surface area contributed by atoms with Gasteiger partial charge < -0.3 is 5.73 Å². The van der Waals surface area contributed by atoms with Crippen molar-refractivity contribution in [2.75, 3.05) is 5.73 Å². The highest BCUT2D eigenvalue weighted by Gasteiger charge is 2.03. The molecule has 0 bridgehead atoms. The Balaban J connectivity index is 2.28. The Morgan fingerprint density at radius 3 is 2.22 bits per heavy atom. The van der Waals surface area contributed by atoms with E-state index in [4.69, 9.17) is 5.73 Å². The van der Waals surface area contributed by atoms with Gasteiger partial charge in [0.1, 0.15) is 0 Å². The van der Waals surface area contributed by atoms with Crippen molar-refractivity contribution in [1.82, 2.24) is 0 Å². The number of benzene rings is 2. The second-order valence-electron chi connectivity index (χ2n) is 5.37. The van der Waals surface area contributed by atoms with Gasteiger partial charge in [-0.15, -0.1) is 0 Å². The van der Waals surface area contributed by atoms with Crippen LogP contribution >= 0.6 is 0 Å². The largest absolute Gasteiger partial charge is 0.399 e. The van der Waals surface area contributed by atoms with Crippen molar-refractivity contribution in [2.45, 2.75) is 27.2 Å². The van der Waals surface area contributed by atoms with Crippen LogP contribution in [-0.2, 0) is 6.42 Å². The SMILES string of the molecule is Cc1cc(N)ccc1-c1ccc(CC(C)C)cc1. The second kappa shape index (κ2) is 5.26. The molecule has 0 heterocycles. The van der Waals surface area contributed by atoms with Crippen molar-refractivity contribution in [3.8, 4) is 11.1 Å². The molecule has 0 radical (unpaired) electrons. The van der Waals surface area contributed by atoms with Crippen LogP contribution in [0.4, 0.5) is 5.69 Å². The molecule has 2 aromatic carbocycles. The normalized spacial score (nSPS) is 10.9. The van der Waals surface area contributed by atoms with Crippen LogP contribution in [0.15, 0.2) is 42.5 Å². The molecule has 2 N–H and O–H groups in total. The maximum absolute atomic E-state index is 5.78. The zero-order valence-corrected chi connectivity index (χ0v) is 11.4. The van der Waals surface area contributed by atoms with E-state index in [1.54, 1.807) is 0 Å². The van der Waals surface area contributed by atoms with Gasteiger partial charge in [0.05, 0.1) is 0 Å². The third-order valence-electron chi connectivity index (χ3n) is 3.16. The molecule has 0 saturated heterocycles. The number of rotatable bonds is 3. The van der Waals surface area contributed by atoms with Gasteiger partial charge in [0.15, 0.2) is 0 Å². The van der Waals surface area contributed by atoms with E-state index >= 15 is 0 Å². The summed E-state index contributed by atoms with van der Waals surface area (Å²) in [6.45, 7) is 6.60. The van der Waals surface area contributed by atoms with Crippen molar-refractivity contribution in [2.24, 2.45) is 5.92 Å². The summed E-state index contributed by atoms with van der Waals surface area (Å²) >= 11 is 0. The molecule has 0 saturated carbocycles. The lowest BCUT2D eigenvalue weighted by Crippen LogP contribution is -1.94. The molecule has 0 aliphatic heterocycles. The smallest absolute Gasteiger partial charge is 0.0317 e. The topological polar surface area (TPSA) is 26.0 Å². The van der Waals surface area contributed by atoms with Gasteiger partial charge in [-0.2, -0.15) is 0 Å². The van der Waals surface area contributed by atoms with E-state index < -0.39 is 0 Å². The summed E-state index contributed by atoms with van der Waals surface area (Å²) in [5, 5.41) is 0. The van der Waals surface area contributed by atoms with E-state index in [0.29, 0.717) is 5.92 Å². The highest BCUT2D eigenvalue weighted by atomic mass is 14.5. The van der Waals surface area contributed by atoms with Crippen LogP contribution in [0.1, 0.15) is 25.0 Å². The number of nitrogens with two attached hydrogens (primary N) is 1. The van der Waals surface area contributed by atoms with E-state index in [0.717, 1.165) is 12.1 Å². The fraction of sp³-hybridized carbons (Fsp3) is 0.294. The van der Waals surface area contributed by atoms with Crippen LogP contribution in [0.5, 0.6) is 0 Å². The first-order valence-electron chi connectivity index (χ1n) is 6.51. The van der Waals surface area contributed by atoms with E-state index in [2.05, 4.69) is 51.1 Å². The van der Waals surface area contributed by atoms with Gasteiger partial charge >= 0.3 is 0 Å². The lowest BCUT2D eigenvalue weighted by atomic mass is 9.97. The highest BCUT2D eigenvalue weighted by Crippen LogP contribution is 2.25. The lowest BCUT2D eigenvalue weighted by Gasteiger charge is -2.09. The fourth-order valence-electron chi connectivity index (χ4n) is 2.30. The molecular formula is C17H21N. The van der Waals surface area contributed by atoms with Gasteiger partial charge in [-0.25, -0.2) is 0 Å². The monoisotopic (exact) mass is 239 g/mol. The van der Waals surface area contributed by atoms with Crippen LogP contribution in [0.25, 0.3) is 11.1 Å². The number of nitrogen functional groups attached to an aromatic ring is 1. The first-order valence-corrected chi connectivity index (χ1v) is 6.51. The van der Waals surface area contributed by atoms with Gasteiger partial charge in [0.2, 0.25) is 0 Å². The zero-order valence-electron chi connectivity index (χ0n) is 11.4. The fourth-order valence-corrected chi connectivity index (χ4v) is 2.30. The van der Waals surface area contributed by atoms with Crippen molar-refractivity contribution in [3.05, 3.63) is 53.6 Å². The number of hydrogen-bond acceptors (Lipinski definition) is 1. The average Bonchev–Trinajstić information content (AvgIpc) is 2.30. The quantitative estimate of drug-likeness (QED) is 0.787. The molecule has 0 aromatic heterocycles. The van der Waals surface area contributed by atoms with E-state index in [9.17, 15) is 0 Å². The summed E-state index contributed by atoms with van der Waals surface area (Å²) in [6.07, 6.45) is 1.14. The lowest BCUT2D eigenvalue weighted by molar-refractivity contribution is 0.647. The van der Waals surface area contributed by atoms with Crippen LogP contribution in [0.3, 0.4) is 0 Å². The van der Waals surface area contributed by atoms with Crippen LogP contribution in [0, 0.1) is 12.8 Å². The zero-order chi connectivity index (χ0) is 13.1. The minimum Gasteiger partial charge on any atom is -0.399 e. The molecule has 1 heteroatoms. The first-order chi connectivity index (χ1) is 8.56. The third kappa shape index (κ3) is 2.92. The minimum absolute atomic E-state index is 0.703. The molecule has 0 aliphatic rings. The Morgan fingerprint density at radius 2 is 1.67 bits per heavy atom. The first kappa shape index (κ1) is 12.7. The van der Waals surface area contributed by atoms with Crippen molar-refractivity contribution < 1.29 is 0 Å². The van der Waals surface area contributed by atoms with Crippen molar-refractivity contribution >= 4 is 5.69 Å². The molecular weight excluding hydrogens is 218 g/mol. The van der Waals surface area contributed by atoms with Crippen LogP contribution in [0.2, 0.25) is 0 Å². The van der Waals surface area contributed by atoms with Gasteiger partial charge in [0, 0.05) is 5.69 Å². The minimum atomic E-state index is 0.703. The summed E-state index contributed by atoms with van der Waals surface area (Å²) in [6, 6.07) is 15.0. The summed E-state index contributed by atoms with van der Waals surface area (Å²) < 4.78 is 0. The Labute approximate surface area is 110 Å². The molecule has 1 nitrogen and oxygen atoms in total. The Morgan fingerprint density at radius 1 is 1.00 bits per heavy atom. The molecule has 2 aromatic rings. The molecule has 0 unspecified atom stereocenters. The summed E-state index contributed by atoms with van der Waals surface area (Å²) in [7, 11) is 0. The molecule has 2 rings (SSSR count). The molecule has 0 aliphatic carbocycles. The van der Waals surface area contributed by atoms with E-state index in [-0.39, 0.29) is 0 Å². The predicted octanol–water partition coefficient (Wildman–Crippen LogP) is 4.44. The third-order valence-corrected chi connectivity index (χ3v) is 3.16. The Kier molecular flexibility index (Phi) is 3.71. The Hall–Kier alpha value is -1.76. The second-order valence-corrected chi connectivity index (χ2v) is 5.37. The number of aryl methyl sites for hydroxylation is 1. The van der Waals surface area contributed by atoms with Gasteiger partial charge in [-0.05, 0) is 53.6 Å². The maximum atomic E-state index is 5.78. The summed E-state index contributed by atoms with van der Waals surface area (Å²) in [5.41, 5.74) is 11.8. The molecule has 0 amide bonds. The van der Waals surface area contributed by atoms with Gasteiger partial charge in [-0.1, -0.05) is 44.2 Å². The van der Waals surface area contributed by atoms with Crippen molar-refractivity contribution in [3.63, 3.8) is 0 Å². The van der Waals surface area contributed by atoms with Crippen molar-refractivity contribution in [1.29, 1.82) is 0 Å². The summed E-state index contributed by atoms with van der Waals surface area (Å²) in [5.74, 6) is 0.703. The Bertz CT molecular complexity index is 524. The van der Waals surface area contributed by atoms with Crippen LogP contribution in [-0.4, -0.2) is 0 Å². The number of hydrogen-bond donors (Lipinski definition) is 1. The van der Waals surface area contributed by atoms with Crippen LogP contribution < -0.4 is 5.73 Å². The summed E-state index contributed by atoms with van der Waals surface area (Å²) in [4.78, 5) is 0. The number of anilines is 1. The van der Waals surface area contributed by atoms with Gasteiger partial charge in [-0.3, -0.25) is 0 Å². The molecule has 18 heavy (non-hydrogen) atoms. The highest BCUT2D eigenvalue weighted by molar-refractivity contribution is 5.69. The standard InChI is InChI=1S/C17H21N/c1-12(2)10-14-4-6-15(7-5-14)17-9-8-16(18)11-13(17)3/h4-9,11-12H,10,18H2,1-3H3. The maximum Gasteiger partial charge on any atom is 0.0317 e. The molecule has 0 fully saturated rings. The van der Waals surface area contributed by atoms with E-state index in [1.165, 1.54) is 22.3 Å². The molecule has 94 valence electrons. The molecule has 0 atom stereocenters. The predicted molar refractivity (Wildman–Crippen MR) is 79.6 cm³/mol. The average molecular weight is 239 g/mol. The molecule has 0 spiro atoms. The van der Waals surface area contributed by atoms with Gasteiger partial charge in [0.25, 0.3) is 0 Å².